The molecule has 0 aliphatic carbocycles. The Morgan fingerprint density at radius 2 is 2.21 bits per heavy atom. The Bertz CT molecular complexity index is 582. The van der Waals surface area contributed by atoms with Crippen molar-refractivity contribution in [2.24, 2.45) is 5.92 Å². The van der Waals surface area contributed by atoms with Gasteiger partial charge in [-0.3, -0.25) is 9.48 Å². The Morgan fingerprint density at radius 3 is 2.74 bits per heavy atom. The molecule has 0 saturated carbocycles. The first-order valence-electron chi connectivity index (χ1n) is 6.03. The molecule has 19 heavy (non-hydrogen) atoms. The summed E-state index contributed by atoms with van der Waals surface area (Å²) < 4.78 is 23.9. The summed E-state index contributed by atoms with van der Waals surface area (Å²) in [5, 5.41) is 4.17. The molecule has 0 aromatic carbocycles. The minimum atomic E-state index is -3.57. The van der Waals surface area contributed by atoms with Crippen LogP contribution < -0.4 is 4.90 Å². The molecule has 1 amide bonds. The number of halogens is 1. The van der Waals surface area contributed by atoms with Crippen LogP contribution in [0.25, 0.3) is 0 Å². The molecule has 8 heteroatoms. The Morgan fingerprint density at radius 1 is 1.53 bits per heavy atom. The van der Waals surface area contributed by atoms with E-state index >= 15 is 0 Å². The molecule has 0 N–H and O–H groups in total. The Hall–Kier alpha value is -1.08. The molecule has 1 aromatic heterocycles. The van der Waals surface area contributed by atoms with Crippen LogP contribution in [-0.4, -0.2) is 36.4 Å². The number of carbonyl (C=O) groups is 1. The van der Waals surface area contributed by atoms with Crippen molar-refractivity contribution < 1.29 is 13.2 Å². The van der Waals surface area contributed by atoms with E-state index in [1.807, 2.05) is 13.8 Å². The lowest BCUT2D eigenvalue weighted by molar-refractivity contribution is -0.117. The summed E-state index contributed by atoms with van der Waals surface area (Å²) in [6, 6.07) is 0.213. The predicted molar refractivity (Wildman–Crippen MR) is 72.7 cm³/mol. The molecule has 0 bridgehead atoms. The summed E-state index contributed by atoms with van der Waals surface area (Å²) in [4.78, 5) is 13.5. The van der Waals surface area contributed by atoms with Gasteiger partial charge in [-0.2, -0.15) is 5.10 Å². The highest BCUT2D eigenvalue weighted by molar-refractivity contribution is 8.13. The van der Waals surface area contributed by atoms with E-state index in [9.17, 15) is 13.2 Å². The summed E-state index contributed by atoms with van der Waals surface area (Å²) in [7, 11) is 1.65. The van der Waals surface area contributed by atoms with E-state index in [-0.39, 0.29) is 30.0 Å². The molecule has 106 valence electrons. The third-order valence-electron chi connectivity index (χ3n) is 3.07. The smallest absolute Gasteiger partial charge is 0.232 e. The van der Waals surface area contributed by atoms with Crippen LogP contribution in [0, 0.1) is 5.92 Å². The zero-order valence-corrected chi connectivity index (χ0v) is 12.4. The fraction of sp³-hybridized carbons (Fsp3) is 0.636. The summed E-state index contributed by atoms with van der Waals surface area (Å²) in [6.45, 7) is 4.35. The van der Waals surface area contributed by atoms with Crippen molar-refractivity contribution in [3.05, 3.63) is 12.4 Å². The largest absolute Gasteiger partial charge is 0.309 e. The van der Waals surface area contributed by atoms with Gasteiger partial charge in [0.25, 0.3) is 0 Å². The number of nitrogens with zero attached hydrogens (tertiary/aromatic N) is 3. The lowest BCUT2D eigenvalue weighted by Gasteiger charge is -2.13. The second-order valence-electron chi connectivity index (χ2n) is 5.05. The van der Waals surface area contributed by atoms with Crippen LogP contribution in [0.1, 0.15) is 26.3 Å². The molecule has 2 heterocycles. The van der Waals surface area contributed by atoms with Gasteiger partial charge in [-0.15, -0.1) is 0 Å². The van der Waals surface area contributed by atoms with Crippen molar-refractivity contribution in [3.63, 3.8) is 0 Å². The molecule has 1 aromatic rings. The summed E-state index contributed by atoms with van der Waals surface area (Å²) in [5.41, 5.74) is 0.702. The summed E-state index contributed by atoms with van der Waals surface area (Å²) in [6.07, 6.45) is 3.62. The third-order valence-corrected chi connectivity index (χ3v) is 4.32. The highest BCUT2D eigenvalue weighted by Crippen LogP contribution is 2.26. The number of aromatic nitrogens is 2. The minimum absolute atomic E-state index is 0.0892. The average molecular weight is 306 g/mol. The fourth-order valence-corrected chi connectivity index (χ4v) is 3.49. The molecule has 1 aliphatic heterocycles. The SMILES string of the molecule is CC(C)n1cc(N2CC(CS(=O)(=O)Cl)CC2=O)cn1. The van der Waals surface area contributed by atoms with Gasteiger partial charge < -0.3 is 4.90 Å². The number of anilines is 1. The van der Waals surface area contributed by atoms with Gasteiger partial charge in [0, 0.05) is 41.8 Å². The molecule has 1 saturated heterocycles. The molecule has 0 radical (unpaired) electrons. The van der Waals surface area contributed by atoms with Crippen molar-refractivity contribution in [1.82, 2.24) is 9.78 Å². The van der Waals surface area contributed by atoms with Gasteiger partial charge in [0.1, 0.15) is 0 Å². The maximum atomic E-state index is 11.9. The fourth-order valence-electron chi connectivity index (χ4n) is 2.17. The van der Waals surface area contributed by atoms with Crippen molar-refractivity contribution in [1.29, 1.82) is 0 Å². The maximum absolute atomic E-state index is 11.9. The molecule has 1 atom stereocenters. The van der Waals surface area contributed by atoms with Crippen LogP contribution in [-0.2, 0) is 13.8 Å². The molecule has 0 spiro atoms. The van der Waals surface area contributed by atoms with E-state index in [1.54, 1.807) is 22.0 Å². The zero-order valence-electron chi connectivity index (χ0n) is 10.8. The normalized spacial score (nSPS) is 20.5. The van der Waals surface area contributed by atoms with Crippen LogP contribution in [0.15, 0.2) is 12.4 Å². The summed E-state index contributed by atoms with van der Waals surface area (Å²) in [5.74, 6) is -0.513. The lowest BCUT2D eigenvalue weighted by atomic mass is 10.1. The number of carbonyl (C=O) groups excluding carboxylic acids is 1. The zero-order chi connectivity index (χ0) is 14.2. The average Bonchev–Trinajstić information content (AvgIpc) is 2.82. The first-order valence-corrected chi connectivity index (χ1v) is 8.51. The van der Waals surface area contributed by atoms with Gasteiger partial charge in [-0.25, -0.2) is 8.42 Å². The topological polar surface area (TPSA) is 72.3 Å². The van der Waals surface area contributed by atoms with Gasteiger partial charge in [-0.1, -0.05) is 0 Å². The van der Waals surface area contributed by atoms with Crippen molar-refractivity contribution in [2.75, 3.05) is 17.2 Å². The standard InChI is InChI=1S/C11H16ClN3O3S/c1-8(2)15-6-10(4-13-15)14-5-9(3-11(14)16)7-19(12,17)18/h4,6,8-9H,3,5,7H2,1-2H3. The predicted octanol–water partition coefficient (Wildman–Crippen LogP) is 1.39. The molecule has 1 unspecified atom stereocenters. The van der Waals surface area contributed by atoms with E-state index in [0.717, 1.165) is 0 Å². The molecule has 1 fully saturated rings. The number of hydrogen-bond acceptors (Lipinski definition) is 4. The van der Waals surface area contributed by atoms with E-state index < -0.39 is 9.05 Å². The maximum Gasteiger partial charge on any atom is 0.232 e. The van der Waals surface area contributed by atoms with Gasteiger partial charge in [0.15, 0.2) is 0 Å². The first kappa shape index (κ1) is 14.3. The Kier molecular flexibility index (Phi) is 3.87. The van der Waals surface area contributed by atoms with Crippen LogP contribution >= 0.6 is 10.7 Å². The highest BCUT2D eigenvalue weighted by atomic mass is 35.7. The summed E-state index contributed by atoms with van der Waals surface area (Å²) >= 11 is 0. The van der Waals surface area contributed by atoms with Gasteiger partial charge in [-0.05, 0) is 13.8 Å². The number of amides is 1. The van der Waals surface area contributed by atoms with E-state index in [4.69, 9.17) is 10.7 Å². The van der Waals surface area contributed by atoms with Gasteiger partial charge in [0.05, 0.1) is 17.6 Å². The van der Waals surface area contributed by atoms with E-state index in [1.165, 1.54) is 0 Å². The van der Waals surface area contributed by atoms with Crippen LogP contribution in [0.2, 0.25) is 0 Å². The van der Waals surface area contributed by atoms with Crippen LogP contribution in [0.3, 0.4) is 0 Å². The van der Waals surface area contributed by atoms with Crippen molar-refractivity contribution in [2.45, 2.75) is 26.3 Å². The second-order valence-corrected chi connectivity index (χ2v) is 7.87. The van der Waals surface area contributed by atoms with Crippen molar-refractivity contribution >= 4 is 31.3 Å². The van der Waals surface area contributed by atoms with Crippen LogP contribution in [0.4, 0.5) is 5.69 Å². The minimum Gasteiger partial charge on any atom is -0.309 e. The molecule has 1 aliphatic rings. The van der Waals surface area contributed by atoms with Gasteiger partial charge >= 0.3 is 0 Å². The van der Waals surface area contributed by atoms with E-state index in [2.05, 4.69) is 5.10 Å². The first-order chi connectivity index (χ1) is 8.76. The van der Waals surface area contributed by atoms with E-state index in [0.29, 0.717) is 12.2 Å². The number of rotatable bonds is 4. The molecule has 6 nitrogen and oxygen atoms in total. The third kappa shape index (κ3) is 3.48. The lowest BCUT2D eigenvalue weighted by Crippen LogP contribution is -2.24. The second kappa shape index (κ2) is 5.13. The number of hydrogen-bond donors (Lipinski definition) is 0. The quantitative estimate of drug-likeness (QED) is 0.788. The molecular weight excluding hydrogens is 290 g/mol. The van der Waals surface area contributed by atoms with Crippen molar-refractivity contribution in [3.8, 4) is 0 Å². The highest BCUT2D eigenvalue weighted by Gasteiger charge is 2.33. The molecule has 2 rings (SSSR count). The monoisotopic (exact) mass is 305 g/mol. The molecular formula is C11H16ClN3O3S. The Labute approximate surface area is 116 Å². The Balaban J connectivity index is 2.11. The van der Waals surface area contributed by atoms with Crippen LogP contribution in [0.5, 0.6) is 0 Å². The van der Waals surface area contributed by atoms with Gasteiger partial charge in [0.2, 0.25) is 15.0 Å².